The lowest BCUT2D eigenvalue weighted by atomic mass is 10.1. The van der Waals surface area contributed by atoms with Crippen LogP contribution >= 0.6 is 0 Å². The van der Waals surface area contributed by atoms with E-state index in [1.807, 2.05) is 49.4 Å². The van der Waals surface area contributed by atoms with Crippen LogP contribution in [0.4, 0.5) is 0 Å². The van der Waals surface area contributed by atoms with Crippen LogP contribution in [0.5, 0.6) is 5.75 Å². The number of ether oxygens (including phenoxy) is 2. The first kappa shape index (κ1) is 21.3. The third-order valence-corrected chi connectivity index (χ3v) is 5.63. The first-order chi connectivity index (χ1) is 15.2. The Hall–Kier alpha value is -2.89. The van der Waals surface area contributed by atoms with Crippen molar-refractivity contribution in [2.45, 2.75) is 32.5 Å². The molecule has 1 aliphatic heterocycles. The largest absolute Gasteiger partial charge is 0.481 e. The maximum Gasteiger partial charge on any atom is 0.261 e. The molecule has 3 aromatic rings. The number of amides is 1. The van der Waals surface area contributed by atoms with Gasteiger partial charge in [-0.25, -0.2) is 0 Å². The number of hydrogen-bond donors (Lipinski definition) is 1. The summed E-state index contributed by atoms with van der Waals surface area (Å²) in [4.78, 5) is 15.2. The molecule has 1 amide bonds. The maximum atomic E-state index is 12.8. The molecule has 1 unspecified atom stereocenters. The van der Waals surface area contributed by atoms with Gasteiger partial charge in [0.05, 0.1) is 13.2 Å². The van der Waals surface area contributed by atoms with Crippen molar-refractivity contribution in [2.75, 3.05) is 26.3 Å². The minimum Gasteiger partial charge on any atom is -0.481 e. The predicted molar refractivity (Wildman–Crippen MR) is 123 cm³/mol. The van der Waals surface area contributed by atoms with Gasteiger partial charge in [-0.3, -0.25) is 9.69 Å². The van der Waals surface area contributed by atoms with E-state index in [0.717, 1.165) is 49.2 Å². The Morgan fingerprint density at radius 3 is 2.58 bits per heavy atom. The minimum absolute atomic E-state index is 0.0887. The van der Waals surface area contributed by atoms with Crippen LogP contribution in [0.3, 0.4) is 0 Å². The van der Waals surface area contributed by atoms with Crippen molar-refractivity contribution < 1.29 is 14.3 Å². The fourth-order valence-corrected chi connectivity index (χ4v) is 3.89. The van der Waals surface area contributed by atoms with Gasteiger partial charge in [0.25, 0.3) is 5.91 Å². The average Bonchev–Trinajstić information content (AvgIpc) is 2.82. The molecule has 0 aliphatic carbocycles. The van der Waals surface area contributed by atoms with Gasteiger partial charge >= 0.3 is 0 Å². The fraction of sp³-hybridized carbons (Fsp3) is 0.346. The van der Waals surface area contributed by atoms with Gasteiger partial charge in [-0.15, -0.1) is 0 Å². The van der Waals surface area contributed by atoms with Crippen LogP contribution in [0.25, 0.3) is 10.8 Å². The van der Waals surface area contributed by atoms with Gasteiger partial charge in [0.1, 0.15) is 5.75 Å². The van der Waals surface area contributed by atoms with E-state index < -0.39 is 6.10 Å². The highest BCUT2D eigenvalue weighted by molar-refractivity contribution is 5.84. The molecular formula is C26H30N2O3. The number of rotatable bonds is 8. The summed E-state index contributed by atoms with van der Waals surface area (Å²) >= 11 is 0. The highest BCUT2D eigenvalue weighted by Gasteiger charge is 2.18. The van der Waals surface area contributed by atoms with Gasteiger partial charge in [0.15, 0.2) is 6.10 Å². The van der Waals surface area contributed by atoms with Crippen molar-refractivity contribution >= 4 is 16.7 Å². The Kier molecular flexibility index (Phi) is 7.18. The van der Waals surface area contributed by atoms with Gasteiger partial charge in [-0.2, -0.15) is 0 Å². The molecule has 5 heteroatoms. The molecule has 31 heavy (non-hydrogen) atoms. The SMILES string of the molecule is CCC(Oc1ccc2ccccc2c1)C(=O)NCc1cccc(CN2CCOCC2)c1. The number of nitrogens with zero attached hydrogens (tertiary/aromatic N) is 1. The zero-order chi connectivity index (χ0) is 21.5. The number of carbonyl (C=O) groups excluding carboxylic acids is 1. The number of fused-ring (bicyclic) bond motifs is 1. The molecule has 1 saturated heterocycles. The molecule has 1 aliphatic rings. The number of morpholine rings is 1. The second-order valence-electron chi connectivity index (χ2n) is 7.95. The lowest BCUT2D eigenvalue weighted by molar-refractivity contribution is -0.128. The zero-order valence-corrected chi connectivity index (χ0v) is 18.0. The van der Waals surface area contributed by atoms with Crippen molar-refractivity contribution in [3.8, 4) is 5.75 Å². The van der Waals surface area contributed by atoms with E-state index in [4.69, 9.17) is 9.47 Å². The highest BCUT2D eigenvalue weighted by atomic mass is 16.5. The molecule has 0 aromatic heterocycles. The van der Waals surface area contributed by atoms with Crippen LogP contribution in [0.1, 0.15) is 24.5 Å². The van der Waals surface area contributed by atoms with Crippen LogP contribution in [0.15, 0.2) is 66.7 Å². The van der Waals surface area contributed by atoms with Crippen LogP contribution in [-0.2, 0) is 22.6 Å². The van der Waals surface area contributed by atoms with Gasteiger partial charge < -0.3 is 14.8 Å². The van der Waals surface area contributed by atoms with Crippen LogP contribution in [-0.4, -0.2) is 43.2 Å². The molecule has 1 N–H and O–H groups in total. The second-order valence-corrected chi connectivity index (χ2v) is 7.95. The molecule has 4 rings (SSSR count). The Morgan fingerprint density at radius 2 is 1.77 bits per heavy atom. The molecule has 3 aromatic carbocycles. The summed E-state index contributed by atoms with van der Waals surface area (Å²) in [5.41, 5.74) is 2.35. The topological polar surface area (TPSA) is 50.8 Å². The third kappa shape index (κ3) is 5.84. The fourth-order valence-electron chi connectivity index (χ4n) is 3.89. The molecule has 0 spiro atoms. The third-order valence-electron chi connectivity index (χ3n) is 5.63. The van der Waals surface area contributed by atoms with Crippen LogP contribution < -0.4 is 10.1 Å². The van der Waals surface area contributed by atoms with Crippen LogP contribution in [0.2, 0.25) is 0 Å². The molecule has 0 saturated carbocycles. The number of hydrogen-bond acceptors (Lipinski definition) is 4. The van der Waals surface area contributed by atoms with E-state index in [9.17, 15) is 4.79 Å². The quantitative estimate of drug-likeness (QED) is 0.597. The Labute approximate surface area is 184 Å². The molecule has 5 nitrogen and oxygen atoms in total. The van der Waals surface area contributed by atoms with E-state index in [0.29, 0.717) is 18.7 Å². The molecule has 0 radical (unpaired) electrons. The van der Waals surface area contributed by atoms with E-state index in [-0.39, 0.29) is 5.91 Å². The van der Waals surface area contributed by atoms with Crippen molar-refractivity contribution in [1.82, 2.24) is 10.2 Å². The van der Waals surface area contributed by atoms with E-state index in [1.54, 1.807) is 0 Å². The molecule has 162 valence electrons. The number of nitrogens with one attached hydrogen (secondary N) is 1. The van der Waals surface area contributed by atoms with Gasteiger partial charge in [0, 0.05) is 26.2 Å². The predicted octanol–water partition coefficient (Wildman–Crippen LogP) is 4.15. The van der Waals surface area contributed by atoms with Crippen LogP contribution in [0, 0.1) is 0 Å². The first-order valence-electron chi connectivity index (χ1n) is 11.0. The van der Waals surface area contributed by atoms with E-state index in [1.165, 1.54) is 5.56 Å². The lowest BCUT2D eigenvalue weighted by Crippen LogP contribution is -2.37. The van der Waals surface area contributed by atoms with Crippen molar-refractivity contribution in [3.05, 3.63) is 77.9 Å². The summed E-state index contributed by atoms with van der Waals surface area (Å²) in [6.45, 7) is 6.89. The van der Waals surface area contributed by atoms with Crippen molar-refractivity contribution in [1.29, 1.82) is 0 Å². The number of carbonyl (C=O) groups is 1. The lowest BCUT2D eigenvalue weighted by Gasteiger charge is -2.26. The molecular weight excluding hydrogens is 388 g/mol. The second kappa shape index (κ2) is 10.4. The first-order valence-corrected chi connectivity index (χ1v) is 11.0. The number of benzene rings is 3. The molecule has 1 fully saturated rings. The van der Waals surface area contributed by atoms with Crippen molar-refractivity contribution in [3.63, 3.8) is 0 Å². The summed E-state index contributed by atoms with van der Waals surface area (Å²) in [7, 11) is 0. The standard InChI is InChI=1S/C26H30N2O3/c1-2-25(31-24-11-10-22-8-3-4-9-23(22)17-24)26(29)27-18-20-6-5-7-21(16-20)19-28-12-14-30-15-13-28/h3-11,16-17,25H,2,12-15,18-19H2,1H3,(H,27,29). The molecule has 1 atom stereocenters. The van der Waals surface area contributed by atoms with Gasteiger partial charge in [0.2, 0.25) is 0 Å². The zero-order valence-electron chi connectivity index (χ0n) is 18.0. The summed E-state index contributed by atoms with van der Waals surface area (Å²) in [5.74, 6) is 0.627. The molecule has 1 heterocycles. The Balaban J connectivity index is 1.33. The summed E-state index contributed by atoms with van der Waals surface area (Å²) < 4.78 is 11.4. The van der Waals surface area contributed by atoms with Crippen molar-refractivity contribution in [2.24, 2.45) is 0 Å². The average molecular weight is 419 g/mol. The van der Waals surface area contributed by atoms with E-state index >= 15 is 0 Å². The van der Waals surface area contributed by atoms with Gasteiger partial charge in [-0.1, -0.05) is 61.5 Å². The monoisotopic (exact) mass is 418 g/mol. The minimum atomic E-state index is -0.516. The summed E-state index contributed by atoms with van der Waals surface area (Å²) in [6, 6.07) is 22.5. The van der Waals surface area contributed by atoms with Gasteiger partial charge in [-0.05, 0) is 40.5 Å². The highest BCUT2D eigenvalue weighted by Crippen LogP contribution is 2.22. The Bertz CT molecular complexity index is 1010. The summed E-state index contributed by atoms with van der Waals surface area (Å²) in [5, 5.41) is 5.30. The molecule has 0 bridgehead atoms. The smallest absolute Gasteiger partial charge is 0.261 e. The summed E-state index contributed by atoms with van der Waals surface area (Å²) in [6.07, 6.45) is 0.0909. The van der Waals surface area contributed by atoms with E-state index in [2.05, 4.69) is 34.5 Å². The normalized spacial score (nSPS) is 15.5. The maximum absolute atomic E-state index is 12.8. The Morgan fingerprint density at radius 1 is 1.00 bits per heavy atom.